The van der Waals surface area contributed by atoms with Crippen molar-refractivity contribution in [2.45, 2.75) is 89.4 Å². The second-order valence-corrected chi connectivity index (χ2v) is 7.63. The Hall–Kier alpha value is -0.120. The van der Waals surface area contributed by atoms with Crippen LogP contribution in [0.2, 0.25) is 0 Å². The van der Waals surface area contributed by atoms with Gasteiger partial charge in [-0.2, -0.15) is 0 Å². The molecule has 3 heteroatoms. The maximum Gasteiger partial charge on any atom is 0.0614 e. The highest BCUT2D eigenvalue weighted by Gasteiger charge is 2.42. The molecule has 0 saturated heterocycles. The normalized spacial score (nSPS) is 38.9. The second-order valence-electron chi connectivity index (χ2n) is 7.63. The maximum absolute atomic E-state index is 9.85. The number of hydrogen-bond donors (Lipinski definition) is 2. The molecule has 118 valence electrons. The van der Waals surface area contributed by atoms with Crippen LogP contribution in [0.1, 0.15) is 65.7 Å². The fourth-order valence-corrected chi connectivity index (χ4v) is 4.55. The fraction of sp³-hybridized carbons (Fsp3) is 1.00. The molecule has 2 aliphatic rings. The predicted molar refractivity (Wildman–Crippen MR) is 84.9 cm³/mol. The Morgan fingerprint density at radius 1 is 1.25 bits per heavy atom. The van der Waals surface area contributed by atoms with E-state index in [0.717, 1.165) is 24.8 Å². The molecule has 0 aromatic rings. The van der Waals surface area contributed by atoms with Crippen molar-refractivity contribution >= 4 is 0 Å². The van der Waals surface area contributed by atoms with E-state index in [9.17, 15) is 5.11 Å². The first kappa shape index (κ1) is 16.3. The van der Waals surface area contributed by atoms with Crippen LogP contribution in [0.5, 0.6) is 0 Å². The molecular formula is C17H34N2O. The highest BCUT2D eigenvalue weighted by atomic mass is 16.3. The van der Waals surface area contributed by atoms with Crippen LogP contribution < -0.4 is 5.32 Å². The van der Waals surface area contributed by atoms with Crippen LogP contribution in [-0.2, 0) is 0 Å². The summed E-state index contributed by atoms with van der Waals surface area (Å²) in [6, 6.07) is 1.83. The van der Waals surface area contributed by atoms with Crippen molar-refractivity contribution in [1.82, 2.24) is 10.2 Å². The van der Waals surface area contributed by atoms with Crippen molar-refractivity contribution in [3.8, 4) is 0 Å². The van der Waals surface area contributed by atoms with Gasteiger partial charge in [-0.25, -0.2) is 0 Å². The largest absolute Gasteiger partial charge is 0.394 e. The van der Waals surface area contributed by atoms with E-state index in [1.54, 1.807) is 0 Å². The van der Waals surface area contributed by atoms with Crippen LogP contribution in [0.4, 0.5) is 0 Å². The molecule has 0 aliphatic heterocycles. The van der Waals surface area contributed by atoms with Gasteiger partial charge in [0.25, 0.3) is 0 Å². The van der Waals surface area contributed by atoms with Gasteiger partial charge in [0.2, 0.25) is 0 Å². The average Bonchev–Trinajstić information content (AvgIpc) is 2.82. The van der Waals surface area contributed by atoms with Crippen molar-refractivity contribution in [1.29, 1.82) is 0 Å². The zero-order chi connectivity index (χ0) is 14.8. The van der Waals surface area contributed by atoms with E-state index in [1.807, 2.05) is 0 Å². The van der Waals surface area contributed by atoms with Gasteiger partial charge < -0.3 is 15.3 Å². The summed E-state index contributed by atoms with van der Waals surface area (Å²) in [7, 11) is 2.32. The van der Waals surface area contributed by atoms with E-state index in [1.165, 1.54) is 32.1 Å². The lowest BCUT2D eigenvalue weighted by Crippen LogP contribution is -2.51. The zero-order valence-electron chi connectivity index (χ0n) is 13.9. The van der Waals surface area contributed by atoms with Crippen LogP contribution in [0.15, 0.2) is 0 Å². The molecule has 4 unspecified atom stereocenters. The fourth-order valence-electron chi connectivity index (χ4n) is 4.55. The van der Waals surface area contributed by atoms with Crippen molar-refractivity contribution in [3.05, 3.63) is 0 Å². The van der Waals surface area contributed by atoms with Gasteiger partial charge in [-0.05, 0) is 45.1 Å². The summed E-state index contributed by atoms with van der Waals surface area (Å²) >= 11 is 0. The molecule has 2 fully saturated rings. The molecule has 4 atom stereocenters. The minimum atomic E-state index is -0.0367. The summed E-state index contributed by atoms with van der Waals surface area (Å²) in [5.74, 6) is 0.830. The standard InChI is InChI=1S/C17H34N2O/c1-13(2)18-17(12-20)10-9-15(11-17)19(4)16-8-6-5-7-14(16)3/h13-16,18,20H,5-12H2,1-4H3. The summed E-state index contributed by atoms with van der Waals surface area (Å²) in [6.45, 7) is 7.05. The van der Waals surface area contributed by atoms with Crippen molar-refractivity contribution in [2.24, 2.45) is 5.92 Å². The van der Waals surface area contributed by atoms with Crippen LogP contribution in [0.3, 0.4) is 0 Å². The quantitative estimate of drug-likeness (QED) is 0.814. The van der Waals surface area contributed by atoms with E-state index >= 15 is 0 Å². The predicted octanol–water partition coefficient (Wildman–Crippen LogP) is 2.78. The Bertz CT molecular complexity index is 307. The molecule has 0 radical (unpaired) electrons. The molecule has 0 aromatic heterocycles. The molecule has 2 N–H and O–H groups in total. The van der Waals surface area contributed by atoms with Crippen LogP contribution in [0.25, 0.3) is 0 Å². The van der Waals surface area contributed by atoms with Gasteiger partial charge in [0.1, 0.15) is 0 Å². The van der Waals surface area contributed by atoms with E-state index in [0.29, 0.717) is 12.1 Å². The number of aliphatic hydroxyl groups excluding tert-OH is 1. The number of nitrogens with one attached hydrogen (secondary N) is 1. The first-order chi connectivity index (χ1) is 9.47. The number of rotatable bonds is 5. The van der Waals surface area contributed by atoms with Crippen molar-refractivity contribution < 1.29 is 5.11 Å². The molecule has 2 rings (SSSR count). The third kappa shape index (κ3) is 3.55. The minimum Gasteiger partial charge on any atom is -0.394 e. The lowest BCUT2D eigenvalue weighted by Gasteiger charge is -2.40. The monoisotopic (exact) mass is 282 g/mol. The topological polar surface area (TPSA) is 35.5 Å². The molecular weight excluding hydrogens is 248 g/mol. The highest BCUT2D eigenvalue weighted by Crippen LogP contribution is 2.37. The summed E-state index contributed by atoms with van der Waals surface area (Å²) < 4.78 is 0. The molecule has 2 saturated carbocycles. The summed E-state index contributed by atoms with van der Waals surface area (Å²) in [5, 5.41) is 13.5. The van der Waals surface area contributed by atoms with Gasteiger partial charge in [-0.15, -0.1) is 0 Å². The SMILES string of the molecule is CC(C)NC1(CO)CCC(N(C)C2CCCCC2C)C1. The van der Waals surface area contributed by atoms with Crippen LogP contribution >= 0.6 is 0 Å². The Kier molecular flexibility index (Phi) is 5.49. The van der Waals surface area contributed by atoms with E-state index in [2.05, 4.69) is 38.0 Å². The molecule has 0 aromatic carbocycles. The summed E-state index contributed by atoms with van der Waals surface area (Å²) in [6.07, 6.45) is 8.97. The molecule has 3 nitrogen and oxygen atoms in total. The second kappa shape index (κ2) is 6.76. The molecule has 0 amide bonds. The molecule has 0 heterocycles. The average molecular weight is 282 g/mol. The van der Waals surface area contributed by atoms with E-state index < -0.39 is 0 Å². The first-order valence-corrected chi connectivity index (χ1v) is 8.58. The van der Waals surface area contributed by atoms with Crippen molar-refractivity contribution in [3.63, 3.8) is 0 Å². The Balaban J connectivity index is 1.96. The van der Waals surface area contributed by atoms with Gasteiger partial charge in [0.15, 0.2) is 0 Å². The third-order valence-electron chi connectivity index (χ3n) is 5.65. The molecule has 20 heavy (non-hydrogen) atoms. The van der Waals surface area contributed by atoms with Crippen LogP contribution in [0, 0.1) is 5.92 Å². The van der Waals surface area contributed by atoms with Gasteiger partial charge in [-0.3, -0.25) is 0 Å². The summed E-state index contributed by atoms with van der Waals surface area (Å²) in [5.41, 5.74) is -0.0367. The van der Waals surface area contributed by atoms with Gasteiger partial charge in [0.05, 0.1) is 6.61 Å². The van der Waals surface area contributed by atoms with Gasteiger partial charge in [0, 0.05) is 23.7 Å². The van der Waals surface area contributed by atoms with Crippen molar-refractivity contribution in [2.75, 3.05) is 13.7 Å². The van der Waals surface area contributed by atoms with Gasteiger partial charge >= 0.3 is 0 Å². The van der Waals surface area contributed by atoms with E-state index in [4.69, 9.17) is 0 Å². The van der Waals surface area contributed by atoms with Gasteiger partial charge in [-0.1, -0.05) is 33.6 Å². The van der Waals surface area contributed by atoms with Crippen LogP contribution in [-0.4, -0.2) is 47.3 Å². The lowest BCUT2D eigenvalue weighted by atomic mass is 9.84. The Morgan fingerprint density at radius 3 is 2.55 bits per heavy atom. The highest BCUT2D eigenvalue weighted by molar-refractivity contribution is 5.01. The number of nitrogens with zero attached hydrogens (tertiary/aromatic N) is 1. The molecule has 0 spiro atoms. The first-order valence-electron chi connectivity index (χ1n) is 8.58. The number of hydrogen-bond acceptors (Lipinski definition) is 3. The number of aliphatic hydroxyl groups is 1. The Morgan fingerprint density at radius 2 is 1.95 bits per heavy atom. The maximum atomic E-state index is 9.85. The molecule has 2 aliphatic carbocycles. The Labute approximate surface area is 125 Å². The minimum absolute atomic E-state index is 0.0367. The lowest BCUT2D eigenvalue weighted by molar-refractivity contribution is 0.0862. The molecule has 0 bridgehead atoms. The smallest absolute Gasteiger partial charge is 0.0614 e. The van der Waals surface area contributed by atoms with E-state index in [-0.39, 0.29) is 12.1 Å². The third-order valence-corrected chi connectivity index (χ3v) is 5.65. The summed E-state index contributed by atoms with van der Waals surface area (Å²) in [4.78, 5) is 2.64. The zero-order valence-corrected chi connectivity index (χ0v) is 13.9.